The third-order valence-corrected chi connectivity index (χ3v) is 7.25. The van der Waals surface area contributed by atoms with E-state index < -0.39 is 5.41 Å². The molecular formula is C29H40ClN3O2. The SMILES string of the molecule is C=CC.CC.Cc1c(Cl)cccc1C1(Nc2ccc3c(c2)N(C)C(=O)C3(C)C)CCN(C=O)CC1. The van der Waals surface area contributed by atoms with Gasteiger partial charge in [0.15, 0.2) is 0 Å². The van der Waals surface area contributed by atoms with E-state index in [1.54, 1.807) is 11.0 Å². The lowest BCUT2D eigenvalue weighted by atomic mass is 9.78. The Morgan fingerprint density at radius 1 is 1.09 bits per heavy atom. The van der Waals surface area contributed by atoms with Crippen LogP contribution in [0.1, 0.15) is 64.2 Å². The Bertz CT molecular complexity index is 1060. The minimum Gasteiger partial charge on any atom is -0.375 e. The lowest BCUT2D eigenvalue weighted by Gasteiger charge is -2.43. The molecule has 6 heteroatoms. The van der Waals surface area contributed by atoms with E-state index in [4.69, 9.17) is 11.6 Å². The summed E-state index contributed by atoms with van der Waals surface area (Å²) in [5.41, 5.74) is 4.32. The minimum absolute atomic E-state index is 0.106. The summed E-state index contributed by atoms with van der Waals surface area (Å²) in [7, 11) is 1.83. The lowest BCUT2D eigenvalue weighted by molar-refractivity contribution is -0.122. The van der Waals surface area contributed by atoms with Crippen molar-refractivity contribution < 1.29 is 9.59 Å². The summed E-state index contributed by atoms with van der Waals surface area (Å²) in [6, 6.07) is 12.2. The highest BCUT2D eigenvalue weighted by Gasteiger charge is 2.43. The number of amides is 2. The first-order chi connectivity index (χ1) is 16.6. The van der Waals surface area contributed by atoms with Crippen LogP contribution in [0.4, 0.5) is 11.4 Å². The maximum Gasteiger partial charge on any atom is 0.236 e. The van der Waals surface area contributed by atoms with Gasteiger partial charge < -0.3 is 15.1 Å². The van der Waals surface area contributed by atoms with Gasteiger partial charge in [-0.05, 0) is 75.4 Å². The molecule has 2 amide bonds. The first-order valence-corrected chi connectivity index (χ1v) is 12.7. The van der Waals surface area contributed by atoms with Crippen LogP contribution in [0.25, 0.3) is 0 Å². The van der Waals surface area contributed by atoms with Gasteiger partial charge in [0.25, 0.3) is 0 Å². The van der Waals surface area contributed by atoms with E-state index in [1.165, 1.54) is 0 Å². The van der Waals surface area contributed by atoms with Crippen molar-refractivity contribution in [2.45, 2.75) is 65.3 Å². The van der Waals surface area contributed by atoms with Crippen molar-refractivity contribution in [1.82, 2.24) is 4.90 Å². The normalized spacial score (nSPS) is 17.3. The molecule has 2 aromatic carbocycles. The molecule has 2 heterocycles. The molecule has 1 N–H and O–H groups in total. The number of likely N-dealkylation sites (N-methyl/N-ethyl adjacent to an activating group) is 1. The topological polar surface area (TPSA) is 52.7 Å². The molecule has 5 nitrogen and oxygen atoms in total. The Balaban J connectivity index is 0.000000803. The number of carbonyl (C=O) groups excluding carboxylic acids is 2. The van der Waals surface area contributed by atoms with E-state index >= 15 is 0 Å². The molecule has 0 spiro atoms. The van der Waals surface area contributed by atoms with Gasteiger partial charge >= 0.3 is 0 Å². The number of nitrogens with one attached hydrogen (secondary N) is 1. The third kappa shape index (κ3) is 5.56. The van der Waals surface area contributed by atoms with Crippen molar-refractivity contribution in [3.05, 3.63) is 70.8 Å². The van der Waals surface area contributed by atoms with Gasteiger partial charge in [-0.25, -0.2) is 0 Å². The molecule has 0 unspecified atom stereocenters. The number of carbonyl (C=O) groups is 2. The molecule has 1 saturated heterocycles. The number of piperidine rings is 1. The predicted molar refractivity (Wildman–Crippen MR) is 148 cm³/mol. The molecule has 190 valence electrons. The summed E-state index contributed by atoms with van der Waals surface area (Å²) in [5, 5.41) is 4.52. The maximum atomic E-state index is 12.7. The number of rotatable bonds is 4. The van der Waals surface area contributed by atoms with Crippen LogP contribution in [0.15, 0.2) is 49.1 Å². The highest BCUT2D eigenvalue weighted by Crippen LogP contribution is 2.44. The Kier molecular flexibility index (Phi) is 9.56. The van der Waals surface area contributed by atoms with Gasteiger partial charge in [0.2, 0.25) is 12.3 Å². The Morgan fingerprint density at radius 2 is 1.69 bits per heavy atom. The van der Waals surface area contributed by atoms with E-state index in [1.807, 2.05) is 65.6 Å². The summed E-state index contributed by atoms with van der Waals surface area (Å²) in [6.45, 7) is 16.6. The van der Waals surface area contributed by atoms with Crippen LogP contribution in [0.5, 0.6) is 0 Å². The molecule has 2 aromatic rings. The van der Waals surface area contributed by atoms with Gasteiger partial charge in [0.05, 0.1) is 11.0 Å². The van der Waals surface area contributed by atoms with Crippen LogP contribution in [0.3, 0.4) is 0 Å². The van der Waals surface area contributed by atoms with E-state index in [2.05, 4.69) is 36.2 Å². The second-order valence-corrected chi connectivity index (χ2v) is 9.80. The van der Waals surface area contributed by atoms with Crippen molar-refractivity contribution in [3.63, 3.8) is 0 Å². The van der Waals surface area contributed by atoms with Crippen LogP contribution in [0, 0.1) is 6.92 Å². The van der Waals surface area contributed by atoms with E-state index in [9.17, 15) is 9.59 Å². The monoisotopic (exact) mass is 497 g/mol. The quantitative estimate of drug-likeness (QED) is 0.378. The number of anilines is 2. The van der Waals surface area contributed by atoms with Gasteiger partial charge in [-0.3, -0.25) is 9.59 Å². The van der Waals surface area contributed by atoms with Crippen molar-refractivity contribution >= 4 is 35.3 Å². The van der Waals surface area contributed by atoms with Crippen molar-refractivity contribution in [3.8, 4) is 0 Å². The number of hydrogen-bond donors (Lipinski definition) is 1. The minimum atomic E-state index is -0.515. The lowest BCUT2D eigenvalue weighted by Crippen LogP contribution is -2.47. The van der Waals surface area contributed by atoms with Gasteiger partial charge in [-0.2, -0.15) is 0 Å². The van der Waals surface area contributed by atoms with Gasteiger partial charge in [-0.15, -0.1) is 6.58 Å². The first-order valence-electron chi connectivity index (χ1n) is 12.3. The van der Waals surface area contributed by atoms with Gasteiger partial charge in [0, 0.05) is 36.5 Å². The van der Waals surface area contributed by atoms with Crippen molar-refractivity contribution in [1.29, 1.82) is 0 Å². The Morgan fingerprint density at radius 3 is 2.26 bits per heavy atom. The fraction of sp³-hybridized carbons (Fsp3) is 0.448. The van der Waals surface area contributed by atoms with Crippen molar-refractivity contribution in [2.24, 2.45) is 0 Å². The molecular weight excluding hydrogens is 458 g/mol. The molecule has 0 saturated carbocycles. The van der Waals surface area contributed by atoms with E-state index in [0.29, 0.717) is 13.1 Å². The summed E-state index contributed by atoms with van der Waals surface area (Å²) in [4.78, 5) is 27.5. The van der Waals surface area contributed by atoms with Crippen LogP contribution < -0.4 is 10.2 Å². The first kappa shape index (κ1) is 28.4. The third-order valence-electron chi connectivity index (χ3n) is 6.84. The van der Waals surface area contributed by atoms with Crippen molar-refractivity contribution in [2.75, 3.05) is 30.4 Å². The summed E-state index contributed by atoms with van der Waals surface area (Å²) in [5.74, 6) is 0.106. The van der Waals surface area contributed by atoms with Crippen LogP contribution in [-0.4, -0.2) is 37.4 Å². The fourth-order valence-electron chi connectivity index (χ4n) is 4.93. The number of fused-ring (bicyclic) bond motifs is 1. The average molecular weight is 498 g/mol. The summed E-state index contributed by atoms with van der Waals surface area (Å²) >= 11 is 6.46. The average Bonchev–Trinajstić information content (AvgIpc) is 3.02. The van der Waals surface area contributed by atoms with Crippen LogP contribution in [0.2, 0.25) is 5.02 Å². The fourth-order valence-corrected chi connectivity index (χ4v) is 5.11. The number of hydrogen-bond acceptors (Lipinski definition) is 3. The Hall–Kier alpha value is -2.79. The standard InChI is InChI=1S/C24H28ClN3O2.C3H6.C2H6/c1-16-18(6-5-7-20(16)25)24(10-12-28(15-29)13-11-24)26-17-8-9-19-21(14-17)27(4)22(30)23(19,2)3;1-3-2;1-2/h5-9,14-15,26H,10-13H2,1-4H3;3H,1H2,2H3;1-2H3. The summed E-state index contributed by atoms with van der Waals surface area (Å²) < 4.78 is 0. The second kappa shape index (κ2) is 11.8. The zero-order valence-electron chi connectivity index (χ0n) is 22.2. The number of nitrogens with zero attached hydrogens (tertiary/aromatic N) is 2. The number of benzene rings is 2. The molecule has 0 atom stereocenters. The predicted octanol–water partition coefficient (Wildman–Crippen LogP) is 6.68. The highest BCUT2D eigenvalue weighted by molar-refractivity contribution is 6.31. The van der Waals surface area contributed by atoms with Crippen LogP contribution >= 0.6 is 11.6 Å². The van der Waals surface area contributed by atoms with E-state index in [-0.39, 0.29) is 11.4 Å². The molecule has 0 aliphatic carbocycles. The molecule has 1 fully saturated rings. The van der Waals surface area contributed by atoms with Crippen LogP contribution in [-0.2, 0) is 20.5 Å². The summed E-state index contributed by atoms with van der Waals surface area (Å²) in [6.07, 6.45) is 4.24. The molecule has 4 rings (SSSR count). The van der Waals surface area contributed by atoms with Gasteiger partial charge in [0.1, 0.15) is 0 Å². The zero-order valence-corrected chi connectivity index (χ0v) is 23.0. The molecule has 2 aliphatic rings. The molecule has 0 aromatic heterocycles. The largest absolute Gasteiger partial charge is 0.375 e. The van der Waals surface area contributed by atoms with Gasteiger partial charge in [-0.1, -0.05) is 49.7 Å². The molecule has 35 heavy (non-hydrogen) atoms. The smallest absolute Gasteiger partial charge is 0.236 e. The maximum absolute atomic E-state index is 12.7. The zero-order chi connectivity index (χ0) is 26.4. The van der Waals surface area contributed by atoms with E-state index in [0.717, 1.165) is 52.3 Å². The Labute approximate surface area is 216 Å². The molecule has 2 aliphatic heterocycles. The number of allylic oxidation sites excluding steroid dienone is 1. The second-order valence-electron chi connectivity index (χ2n) is 9.39. The number of likely N-dealkylation sites (tertiary alicyclic amines) is 1. The molecule has 0 radical (unpaired) electrons. The molecule has 0 bridgehead atoms. The highest BCUT2D eigenvalue weighted by atomic mass is 35.5. The number of halogens is 1.